The Kier molecular flexibility index (Phi) is 6.33. The Labute approximate surface area is 154 Å². The number of benzene rings is 2. The van der Waals surface area contributed by atoms with Crippen LogP contribution in [-0.2, 0) is 4.79 Å². The zero-order valence-electron chi connectivity index (χ0n) is 12.7. The van der Waals surface area contributed by atoms with Gasteiger partial charge in [0, 0.05) is 20.2 Å². The van der Waals surface area contributed by atoms with E-state index in [4.69, 9.17) is 27.9 Å². The van der Waals surface area contributed by atoms with Gasteiger partial charge < -0.3 is 10.1 Å². The Morgan fingerprint density at radius 2 is 1.83 bits per heavy atom. The van der Waals surface area contributed by atoms with Crippen molar-refractivity contribution in [3.05, 3.63) is 56.5 Å². The lowest BCUT2D eigenvalue weighted by Gasteiger charge is -2.14. The third kappa shape index (κ3) is 5.41. The van der Waals surface area contributed by atoms with Crippen molar-refractivity contribution in [2.75, 3.05) is 11.9 Å². The number of ether oxygens (including phenoxy) is 1. The number of hydrogen-bond donors (Lipinski definition) is 1. The molecule has 0 spiro atoms. The zero-order chi connectivity index (χ0) is 17.0. The summed E-state index contributed by atoms with van der Waals surface area (Å²) in [5.74, 6) is 0.709. The molecule has 23 heavy (non-hydrogen) atoms. The lowest BCUT2D eigenvalue weighted by Crippen LogP contribution is -2.20. The van der Waals surface area contributed by atoms with Crippen molar-refractivity contribution in [1.29, 1.82) is 0 Å². The van der Waals surface area contributed by atoms with Crippen LogP contribution in [0.25, 0.3) is 0 Å². The van der Waals surface area contributed by atoms with Crippen molar-refractivity contribution in [3.63, 3.8) is 0 Å². The molecule has 0 bridgehead atoms. The van der Waals surface area contributed by atoms with Gasteiger partial charge >= 0.3 is 0 Å². The van der Waals surface area contributed by atoms with E-state index in [1.165, 1.54) is 0 Å². The van der Waals surface area contributed by atoms with Gasteiger partial charge in [-0.2, -0.15) is 0 Å². The number of nitrogens with one attached hydrogen (secondary N) is 1. The van der Waals surface area contributed by atoms with Crippen LogP contribution in [0.3, 0.4) is 0 Å². The number of carbonyl (C=O) groups is 1. The summed E-state index contributed by atoms with van der Waals surface area (Å²) in [6.45, 7) is 4.05. The molecule has 0 saturated heterocycles. The first-order valence-corrected chi connectivity index (χ1v) is 8.58. The average molecular weight is 417 g/mol. The van der Waals surface area contributed by atoms with Crippen LogP contribution in [0.5, 0.6) is 5.75 Å². The lowest BCUT2D eigenvalue weighted by molar-refractivity contribution is -0.118. The summed E-state index contributed by atoms with van der Waals surface area (Å²) in [6, 6.07) is 10.6. The minimum Gasteiger partial charge on any atom is -0.483 e. The minimum atomic E-state index is -0.277. The van der Waals surface area contributed by atoms with Crippen molar-refractivity contribution in [2.24, 2.45) is 0 Å². The topological polar surface area (TPSA) is 38.3 Å². The first-order valence-electron chi connectivity index (χ1n) is 7.03. The van der Waals surface area contributed by atoms with Crippen molar-refractivity contribution in [2.45, 2.75) is 19.8 Å². The van der Waals surface area contributed by atoms with Crippen LogP contribution in [0, 0.1) is 0 Å². The molecule has 0 fully saturated rings. The van der Waals surface area contributed by atoms with Gasteiger partial charge in [-0.1, -0.05) is 53.0 Å². The maximum atomic E-state index is 12.0. The van der Waals surface area contributed by atoms with E-state index in [2.05, 4.69) is 35.1 Å². The Morgan fingerprint density at radius 3 is 2.43 bits per heavy atom. The highest BCUT2D eigenvalue weighted by Gasteiger charge is 2.11. The molecule has 3 nitrogen and oxygen atoms in total. The van der Waals surface area contributed by atoms with Crippen LogP contribution in [0.2, 0.25) is 10.0 Å². The van der Waals surface area contributed by atoms with Crippen LogP contribution in [0.4, 0.5) is 5.69 Å². The first-order chi connectivity index (χ1) is 10.8. The molecule has 2 rings (SSSR count). The number of hydrogen-bond acceptors (Lipinski definition) is 2. The second kappa shape index (κ2) is 8.04. The molecule has 0 saturated carbocycles. The Morgan fingerprint density at radius 1 is 1.17 bits per heavy atom. The molecule has 0 heterocycles. The van der Waals surface area contributed by atoms with Gasteiger partial charge in [-0.05, 0) is 47.9 Å². The van der Waals surface area contributed by atoms with Crippen molar-refractivity contribution < 1.29 is 9.53 Å². The summed E-state index contributed by atoms with van der Waals surface area (Å²) in [4.78, 5) is 12.0. The normalized spacial score (nSPS) is 10.7. The molecule has 2 aromatic rings. The summed E-state index contributed by atoms with van der Waals surface area (Å²) in [6.07, 6.45) is 0. The van der Waals surface area contributed by atoms with Gasteiger partial charge in [0.15, 0.2) is 6.61 Å². The second-order valence-electron chi connectivity index (χ2n) is 5.33. The van der Waals surface area contributed by atoms with Gasteiger partial charge in [0.2, 0.25) is 0 Å². The third-order valence-corrected chi connectivity index (χ3v) is 4.03. The van der Waals surface area contributed by atoms with E-state index >= 15 is 0 Å². The molecule has 0 atom stereocenters. The molecule has 0 radical (unpaired) electrons. The SMILES string of the molecule is CC(C)c1cc(Br)ccc1OCC(=O)Nc1cc(Cl)cc(Cl)c1. The van der Waals surface area contributed by atoms with E-state index in [1.54, 1.807) is 18.2 Å². The smallest absolute Gasteiger partial charge is 0.262 e. The molecule has 0 aliphatic heterocycles. The highest BCUT2D eigenvalue weighted by atomic mass is 79.9. The fourth-order valence-electron chi connectivity index (χ4n) is 2.07. The summed E-state index contributed by atoms with van der Waals surface area (Å²) < 4.78 is 6.63. The molecule has 0 aromatic heterocycles. The molecule has 122 valence electrons. The van der Waals surface area contributed by atoms with Crippen LogP contribution < -0.4 is 10.1 Å². The molecule has 2 aromatic carbocycles. The van der Waals surface area contributed by atoms with E-state index in [9.17, 15) is 4.79 Å². The van der Waals surface area contributed by atoms with Gasteiger partial charge in [0.1, 0.15) is 5.75 Å². The maximum Gasteiger partial charge on any atom is 0.262 e. The number of anilines is 1. The maximum absolute atomic E-state index is 12.0. The van der Waals surface area contributed by atoms with Gasteiger partial charge in [-0.3, -0.25) is 4.79 Å². The first kappa shape index (κ1) is 18.1. The molecule has 0 aliphatic rings. The summed E-state index contributed by atoms with van der Waals surface area (Å²) >= 11 is 15.3. The van der Waals surface area contributed by atoms with E-state index in [-0.39, 0.29) is 18.4 Å². The molecule has 1 N–H and O–H groups in total. The quantitative estimate of drug-likeness (QED) is 0.659. The second-order valence-corrected chi connectivity index (χ2v) is 7.12. The fraction of sp³-hybridized carbons (Fsp3) is 0.235. The van der Waals surface area contributed by atoms with Crippen molar-refractivity contribution in [3.8, 4) is 5.75 Å². The number of amides is 1. The summed E-state index contributed by atoms with van der Waals surface area (Å²) in [7, 11) is 0. The highest BCUT2D eigenvalue weighted by molar-refractivity contribution is 9.10. The van der Waals surface area contributed by atoms with E-state index in [0.717, 1.165) is 10.0 Å². The number of carbonyl (C=O) groups excluding carboxylic acids is 1. The van der Waals surface area contributed by atoms with Crippen LogP contribution in [0.15, 0.2) is 40.9 Å². The molecular formula is C17H16BrCl2NO2. The minimum absolute atomic E-state index is 0.0918. The van der Waals surface area contributed by atoms with Gasteiger partial charge in [0.05, 0.1) is 0 Å². The van der Waals surface area contributed by atoms with E-state index in [1.807, 2.05) is 18.2 Å². The zero-order valence-corrected chi connectivity index (χ0v) is 15.8. The predicted molar refractivity (Wildman–Crippen MR) is 98.8 cm³/mol. The monoisotopic (exact) mass is 415 g/mol. The average Bonchev–Trinajstić information content (AvgIpc) is 2.44. The predicted octanol–water partition coefficient (Wildman–Crippen LogP) is 5.90. The summed E-state index contributed by atoms with van der Waals surface area (Å²) in [5, 5.41) is 3.64. The molecular weight excluding hydrogens is 401 g/mol. The Bertz CT molecular complexity index is 699. The van der Waals surface area contributed by atoms with E-state index in [0.29, 0.717) is 21.5 Å². The summed E-state index contributed by atoms with van der Waals surface area (Å²) in [5.41, 5.74) is 1.58. The molecule has 0 aliphatic carbocycles. The van der Waals surface area contributed by atoms with Crippen molar-refractivity contribution in [1.82, 2.24) is 0 Å². The Balaban J connectivity index is 2.02. The van der Waals surface area contributed by atoms with E-state index < -0.39 is 0 Å². The molecule has 6 heteroatoms. The van der Waals surface area contributed by atoms with Crippen molar-refractivity contribution >= 4 is 50.7 Å². The molecule has 1 amide bonds. The van der Waals surface area contributed by atoms with Crippen LogP contribution >= 0.6 is 39.1 Å². The third-order valence-electron chi connectivity index (χ3n) is 3.10. The fourth-order valence-corrected chi connectivity index (χ4v) is 2.97. The van der Waals surface area contributed by atoms with Crippen LogP contribution in [-0.4, -0.2) is 12.5 Å². The number of rotatable bonds is 5. The lowest BCUT2D eigenvalue weighted by atomic mass is 10.0. The largest absolute Gasteiger partial charge is 0.483 e. The number of halogens is 3. The standard InChI is InChI=1S/C17H16BrCl2NO2/c1-10(2)15-5-11(18)3-4-16(15)23-9-17(22)21-14-7-12(19)6-13(20)8-14/h3-8,10H,9H2,1-2H3,(H,21,22). The van der Waals surface area contributed by atoms with Gasteiger partial charge in [0.25, 0.3) is 5.91 Å². The van der Waals surface area contributed by atoms with Gasteiger partial charge in [-0.25, -0.2) is 0 Å². The highest BCUT2D eigenvalue weighted by Crippen LogP contribution is 2.29. The van der Waals surface area contributed by atoms with Crippen LogP contribution in [0.1, 0.15) is 25.3 Å². The van der Waals surface area contributed by atoms with Gasteiger partial charge in [-0.15, -0.1) is 0 Å². The molecule has 0 unspecified atom stereocenters. The Hall–Kier alpha value is -1.23.